The van der Waals surface area contributed by atoms with Gasteiger partial charge in [0.05, 0.1) is 24.2 Å². The van der Waals surface area contributed by atoms with Gasteiger partial charge in [0.1, 0.15) is 11.6 Å². The number of rotatable bonds is 5. The van der Waals surface area contributed by atoms with Crippen LogP contribution in [0.25, 0.3) is 0 Å². The molecule has 2 aromatic carbocycles. The first kappa shape index (κ1) is 27.2. The van der Waals surface area contributed by atoms with Crippen molar-refractivity contribution < 1.29 is 4.74 Å². The lowest BCUT2D eigenvalue weighted by atomic mass is 9.74. The quantitative estimate of drug-likeness (QED) is 0.348. The number of halogens is 1. The standard InChI is InChI=1S/C30H40ClN5OS/c1-28(2,3)18-35-16-14-30(15-17-35)19-36(25-23(37-7)13-12-20(31)24(25)30)22-11-9-8-10-21(22)32-27-33-26(34-38-27)29(4,5)6/h8-13H,14-19H2,1-7H3,(H,32,33,34). The zero-order chi connectivity index (χ0) is 27.3. The van der Waals surface area contributed by atoms with Crippen molar-refractivity contribution >= 4 is 45.3 Å². The van der Waals surface area contributed by atoms with Gasteiger partial charge in [-0.25, -0.2) is 4.98 Å². The number of fused-ring (bicyclic) bond motifs is 2. The number of nitrogens with zero attached hydrogens (tertiary/aromatic N) is 4. The third-order valence-corrected chi connectivity index (χ3v) is 8.56. The lowest BCUT2D eigenvalue weighted by Crippen LogP contribution is -2.46. The van der Waals surface area contributed by atoms with Crippen LogP contribution in [0.15, 0.2) is 36.4 Å². The van der Waals surface area contributed by atoms with Gasteiger partial charge in [0.15, 0.2) is 0 Å². The normalized spacial score (nSPS) is 17.6. The lowest BCUT2D eigenvalue weighted by Gasteiger charge is -2.42. The molecular formula is C30H40ClN5OS. The van der Waals surface area contributed by atoms with Crippen molar-refractivity contribution in [3.8, 4) is 5.75 Å². The molecule has 38 heavy (non-hydrogen) atoms. The molecule has 8 heteroatoms. The Balaban J connectivity index is 1.52. The molecule has 0 bridgehead atoms. The molecule has 3 heterocycles. The number of nitrogens with one attached hydrogen (secondary N) is 1. The SMILES string of the molecule is COc1ccc(Cl)c2c1N(c1ccccc1Nc1nc(C(C)(C)C)ns1)CC21CCN(CC(C)(C)C)CC1. The highest BCUT2D eigenvalue weighted by molar-refractivity contribution is 7.09. The molecule has 6 nitrogen and oxygen atoms in total. The van der Waals surface area contributed by atoms with Crippen molar-refractivity contribution in [3.05, 3.63) is 52.8 Å². The van der Waals surface area contributed by atoms with E-state index in [2.05, 4.69) is 85.3 Å². The van der Waals surface area contributed by atoms with Gasteiger partial charge in [-0.1, -0.05) is 65.3 Å². The van der Waals surface area contributed by atoms with E-state index in [0.717, 1.165) is 77.8 Å². The summed E-state index contributed by atoms with van der Waals surface area (Å²) in [7, 11) is 1.75. The summed E-state index contributed by atoms with van der Waals surface area (Å²) < 4.78 is 10.5. The molecule has 0 unspecified atom stereocenters. The van der Waals surface area contributed by atoms with Crippen LogP contribution in [0.5, 0.6) is 5.75 Å². The fourth-order valence-electron chi connectivity index (χ4n) is 5.88. The van der Waals surface area contributed by atoms with E-state index >= 15 is 0 Å². The van der Waals surface area contributed by atoms with Crippen LogP contribution in [0.1, 0.15) is 65.8 Å². The van der Waals surface area contributed by atoms with Gasteiger partial charge in [0.2, 0.25) is 5.13 Å². The summed E-state index contributed by atoms with van der Waals surface area (Å²) in [5, 5.41) is 5.20. The van der Waals surface area contributed by atoms with Crippen molar-refractivity contribution in [2.75, 3.05) is 43.5 Å². The third-order valence-electron chi connectivity index (χ3n) is 7.62. The molecule has 0 amide bonds. The third kappa shape index (κ3) is 5.25. The Morgan fingerprint density at radius 3 is 2.39 bits per heavy atom. The van der Waals surface area contributed by atoms with Crippen molar-refractivity contribution in [3.63, 3.8) is 0 Å². The van der Waals surface area contributed by atoms with Gasteiger partial charge in [-0.2, -0.15) is 4.37 Å². The minimum absolute atomic E-state index is 0.0232. The molecule has 0 atom stereocenters. The number of piperidine rings is 1. The number of benzene rings is 2. The maximum Gasteiger partial charge on any atom is 0.207 e. The number of hydrogen-bond donors (Lipinski definition) is 1. The topological polar surface area (TPSA) is 53.5 Å². The van der Waals surface area contributed by atoms with E-state index in [0.29, 0.717) is 0 Å². The number of ether oxygens (including phenoxy) is 1. The fraction of sp³-hybridized carbons (Fsp3) is 0.533. The molecule has 2 aliphatic rings. The Kier molecular flexibility index (Phi) is 7.16. The van der Waals surface area contributed by atoms with Gasteiger partial charge < -0.3 is 19.9 Å². The van der Waals surface area contributed by atoms with E-state index in [9.17, 15) is 0 Å². The summed E-state index contributed by atoms with van der Waals surface area (Å²) in [4.78, 5) is 9.80. The van der Waals surface area contributed by atoms with Gasteiger partial charge in [0, 0.05) is 46.0 Å². The molecule has 1 aromatic heterocycles. The van der Waals surface area contributed by atoms with Crippen LogP contribution in [0.3, 0.4) is 0 Å². The Hall–Kier alpha value is -2.35. The van der Waals surface area contributed by atoms with Crippen LogP contribution in [0.2, 0.25) is 5.02 Å². The second-order valence-corrected chi connectivity index (χ2v) is 14.2. The Labute approximate surface area is 236 Å². The van der Waals surface area contributed by atoms with E-state index in [1.54, 1.807) is 7.11 Å². The van der Waals surface area contributed by atoms with Crippen LogP contribution < -0.4 is 15.0 Å². The molecule has 2 aliphatic heterocycles. The van der Waals surface area contributed by atoms with Crippen LogP contribution >= 0.6 is 23.1 Å². The monoisotopic (exact) mass is 553 g/mol. The summed E-state index contributed by atoms with van der Waals surface area (Å²) >= 11 is 8.41. The van der Waals surface area contributed by atoms with Gasteiger partial charge in [-0.05, 0) is 55.6 Å². The summed E-state index contributed by atoms with van der Waals surface area (Å²) in [5.41, 5.74) is 4.58. The number of methoxy groups -OCH3 is 1. The largest absolute Gasteiger partial charge is 0.495 e. The lowest BCUT2D eigenvalue weighted by molar-refractivity contribution is 0.125. The number of likely N-dealkylation sites (tertiary alicyclic amines) is 1. The Bertz CT molecular complexity index is 1300. The first-order valence-electron chi connectivity index (χ1n) is 13.5. The Morgan fingerprint density at radius 1 is 1.05 bits per heavy atom. The highest BCUT2D eigenvalue weighted by atomic mass is 35.5. The van der Waals surface area contributed by atoms with Crippen LogP contribution in [-0.2, 0) is 10.8 Å². The zero-order valence-corrected chi connectivity index (χ0v) is 25.3. The molecule has 1 saturated heterocycles. The highest BCUT2D eigenvalue weighted by Crippen LogP contribution is 2.56. The molecule has 1 N–H and O–H groups in total. The molecule has 5 rings (SSSR count). The molecule has 1 fully saturated rings. The maximum absolute atomic E-state index is 7.00. The van der Waals surface area contributed by atoms with E-state index in [1.165, 1.54) is 17.1 Å². The minimum Gasteiger partial charge on any atom is -0.495 e. The first-order chi connectivity index (χ1) is 17.9. The van der Waals surface area contributed by atoms with Crippen molar-refractivity contribution in [2.24, 2.45) is 5.41 Å². The van der Waals surface area contributed by atoms with E-state index in [1.807, 2.05) is 12.1 Å². The first-order valence-corrected chi connectivity index (χ1v) is 14.6. The van der Waals surface area contributed by atoms with Crippen molar-refractivity contribution in [1.82, 2.24) is 14.3 Å². The fourth-order valence-corrected chi connectivity index (χ4v) is 7.00. The molecule has 3 aromatic rings. The molecule has 0 saturated carbocycles. The predicted octanol–water partition coefficient (Wildman–Crippen LogP) is 7.77. The number of hydrogen-bond acceptors (Lipinski definition) is 7. The van der Waals surface area contributed by atoms with Crippen LogP contribution in [0.4, 0.5) is 22.2 Å². The number of para-hydroxylation sites is 2. The molecular weight excluding hydrogens is 514 g/mol. The van der Waals surface area contributed by atoms with Gasteiger partial charge >= 0.3 is 0 Å². The second kappa shape index (κ2) is 10.00. The smallest absolute Gasteiger partial charge is 0.207 e. The van der Waals surface area contributed by atoms with Crippen molar-refractivity contribution in [2.45, 2.75) is 65.2 Å². The average molecular weight is 554 g/mol. The van der Waals surface area contributed by atoms with E-state index in [-0.39, 0.29) is 16.2 Å². The molecule has 1 spiro atoms. The maximum atomic E-state index is 7.00. The van der Waals surface area contributed by atoms with Gasteiger partial charge in [0.25, 0.3) is 0 Å². The van der Waals surface area contributed by atoms with Crippen LogP contribution in [0, 0.1) is 5.41 Å². The van der Waals surface area contributed by atoms with E-state index < -0.39 is 0 Å². The number of aromatic nitrogens is 2. The summed E-state index contributed by atoms with van der Waals surface area (Å²) in [6.45, 7) is 17.5. The summed E-state index contributed by atoms with van der Waals surface area (Å²) in [6, 6.07) is 12.4. The highest BCUT2D eigenvalue weighted by Gasteiger charge is 2.48. The molecule has 0 radical (unpaired) electrons. The molecule has 0 aliphatic carbocycles. The molecule has 204 valence electrons. The minimum atomic E-state index is -0.0950. The summed E-state index contributed by atoms with van der Waals surface area (Å²) in [6.07, 6.45) is 2.14. The predicted molar refractivity (Wildman–Crippen MR) is 160 cm³/mol. The van der Waals surface area contributed by atoms with Crippen molar-refractivity contribution in [1.29, 1.82) is 0 Å². The summed E-state index contributed by atoms with van der Waals surface area (Å²) in [5.74, 6) is 1.71. The van der Waals surface area contributed by atoms with Gasteiger partial charge in [-0.15, -0.1) is 0 Å². The average Bonchev–Trinajstić information content (AvgIpc) is 3.45. The number of anilines is 4. The Morgan fingerprint density at radius 2 is 1.76 bits per heavy atom. The van der Waals surface area contributed by atoms with E-state index in [4.69, 9.17) is 21.3 Å². The zero-order valence-electron chi connectivity index (χ0n) is 23.7. The second-order valence-electron chi connectivity index (χ2n) is 13.0. The van der Waals surface area contributed by atoms with Crippen LogP contribution in [-0.4, -0.2) is 47.5 Å². The van der Waals surface area contributed by atoms with Gasteiger partial charge in [-0.3, -0.25) is 0 Å².